The van der Waals surface area contributed by atoms with Gasteiger partial charge >= 0.3 is 5.97 Å². The average molecular weight is 355 g/mol. The number of amides is 1. The number of halogens is 1. The maximum Gasteiger partial charge on any atom is 0.376 e. The molecule has 0 aliphatic rings. The number of aliphatic carboxylic acids is 1. The van der Waals surface area contributed by atoms with Crippen molar-refractivity contribution >= 4 is 35.2 Å². The molecule has 0 unspecified atom stereocenters. The summed E-state index contributed by atoms with van der Waals surface area (Å²) in [6.45, 7) is 0. The smallest absolute Gasteiger partial charge is 0.376 e. The van der Waals surface area contributed by atoms with Crippen LogP contribution in [0.3, 0.4) is 0 Å². The van der Waals surface area contributed by atoms with E-state index in [0.717, 1.165) is 0 Å². The van der Waals surface area contributed by atoms with E-state index in [2.05, 4.69) is 5.32 Å². The van der Waals surface area contributed by atoms with Crippen LogP contribution in [0, 0.1) is 5.82 Å². The van der Waals surface area contributed by atoms with Gasteiger partial charge in [-0.05, 0) is 35.9 Å². The highest BCUT2D eigenvalue weighted by molar-refractivity contribution is 6.38. The molecule has 1 amide bonds. The van der Waals surface area contributed by atoms with Crippen molar-refractivity contribution in [3.8, 4) is 0 Å². The first-order valence-electron chi connectivity index (χ1n) is 7.38. The van der Waals surface area contributed by atoms with Gasteiger partial charge in [0.05, 0.1) is 0 Å². The first-order chi connectivity index (χ1) is 12.3. The Morgan fingerprint density at radius 2 is 1.69 bits per heavy atom. The van der Waals surface area contributed by atoms with Gasteiger partial charge in [-0.15, -0.1) is 0 Å². The molecule has 0 radical (unpaired) electrons. The second-order valence-corrected chi connectivity index (χ2v) is 5.15. The minimum atomic E-state index is -1.69. The van der Waals surface area contributed by atoms with Crippen molar-refractivity contribution in [3.63, 3.8) is 0 Å². The number of carbonyl (C=O) groups is 3. The van der Waals surface area contributed by atoms with E-state index >= 15 is 0 Å². The van der Waals surface area contributed by atoms with Crippen LogP contribution in [0.4, 0.5) is 10.1 Å². The van der Waals surface area contributed by atoms with Crippen LogP contribution in [0.5, 0.6) is 0 Å². The summed E-state index contributed by atoms with van der Waals surface area (Å²) >= 11 is 0. The monoisotopic (exact) mass is 355 g/mol. The van der Waals surface area contributed by atoms with Crippen molar-refractivity contribution in [1.29, 1.82) is 0 Å². The van der Waals surface area contributed by atoms with Gasteiger partial charge < -0.3 is 15.5 Å². The molecule has 0 aliphatic heterocycles. The van der Waals surface area contributed by atoms with Gasteiger partial charge in [-0.1, -0.05) is 24.3 Å². The normalized spacial score (nSPS) is 11.3. The fourth-order valence-electron chi connectivity index (χ4n) is 1.96. The molecule has 0 saturated carbocycles. The van der Waals surface area contributed by atoms with Gasteiger partial charge in [0.2, 0.25) is 5.91 Å². The zero-order valence-electron chi connectivity index (χ0n) is 13.3. The number of rotatable bonds is 6. The van der Waals surface area contributed by atoms with Crippen LogP contribution >= 0.6 is 0 Å². The van der Waals surface area contributed by atoms with E-state index in [1.807, 2.05) is 0 Å². The van der Waals surface area contributed by atoms with Crippen molar-refractivity contribution in [2.75, 3.05) is 5.32 Å². The second kappa shape index (κ2) is 8.39. The molecule has 0 spiro atoms. The van der Waals surface area contributed by atoms with Crippen LogP contribution in [0.2, 0.25) is 0 Å². The lowest BCUT2D eigenvalue weighted by molar-refractivity contribution is -0.146. The quantitative estimate of drug-likeness (QED) is 0.420. The second-order valence-electron chi connectivity index (χ2n) is 5.15. The summed E-state index contributed by atoms with van der Waals surface area (Å²) in [4.78, 5) is 33.5. The number of carboxylic acids is 1. The van der Waals surface area contributed by atoms with Crippen molar-refractivity contribution in [1.82, 2.24) is 0 Å². The maximum atomic E-state index is 12.8. The summed E-state index contributed by atoms with van der Waals surface area (Å²) < 4.78 is 12.8. The summed E-state index contributed by atoms with van der Waals surface area (Å²) in [6, 6.07) is 11.5. The molecular formula is C19H14FNO5. The Kier molecular flexibility index (Phi) is 6.00. The van der Waals surface area contributed by atoms with E-state index in [0.29, 0.717) is 17.3 Å². The van der Waals surface area contributed by atoms with E-state index in [9.17, 15) is 23.9 Å². The number of anilines is 1. The minimum absolute atomic E-state index is 0.167. The molecule has 6 nitrogen and oxygen atoms in total. The number of hydrogen-bond acceptors (Lipinski definition) is 4. The molecule has 2 aromatic rings. The SMILES string of the molecule is O=C(/C=C/c1ccc(F)cc1)Nc1cccc(/C(O)=C/C(=O)C(=O)O)c1. The van der Waals surface area contributed by atoms with E-state index in [4.69, 9.17) is 5.11 Å². The fourth-order valence-corrected chi connectivity index (χ4v) is 1.96. The molecule has 2 rings (SSSR count). The molecule has 0 atom stereocenters. The minimum Gasteiger partial charge on any atom is -0.507 e. The largest absolute Gasteiger partial charge is 0.507 e. The van der Waals surface area contributed by atoms with Gasteiger partial charge in [0.25, 0.3) is 5.78 Å². The van der Waals surface area contributed by atoms with Crippen LogP contribution in [0.15, 0.2) is 60.7 Å². The third-order valence-corrected chi connectivity index (χ3v) is 3.20. The predicted octanol–water partition coefficient (Wildman–Crippen LogP) is 3.03. The number of ketones is 1. The van der Waals surface area contributed by atoms with Gasteiger partial charge in [-0.2, -0.15) is 0 Å². The number of aliphatic hydroxyl groups excluding tert-OH is 1. The van der Waals surface area contributed by atoms with Crippen LogP contribution in [-0.2, 0) is 14.4 Å². The van der Waals surface area contributed by atoms with Crippen molar-refractivity contribution in [2.24, 2.45) is 0 Å². The number of nitrogens with one attached hydrogen (secondary N) is 1. The molecule has 3 N–H and O–H groups in total. The highest BCUT2D eigenvalue weighted by atomic mass is 19.1. The lowest BCUT2D eigenvalue weighted by Gasteiger charge is -2.05. The standard InChI is InChI=1S/C19H14FNO5/c20-14-7-4-12(5-8-14)6-9-18(24)21-15-3-1-2-13(10-15)16(22)11-17(23)19(25)26/h1-11,22H,(H,21,24)(H,25,26)/b9-6+,16-11-. The Balaban J connectivity index is 2.08. The van der Waals surface area contributed by atoms with Crippen molar-refractivity contribution in [2.45, 2.75) is 0 Å². The van der Waals surface area contributed by atoms with E-state index in [1.54, 1.807) is 6.07 Å². The molecule has 26 heavy (non-hydrogen) atoms. The first-order valence-corrected chi connectivity index (χ1v) is 7.38. The van der Waals surface area contributed by atoms with Crippen LogP contribution in [0.1, 0.15) is 11.1 Å². The molecule has 0 saturated heterocycles. The Bertz CT molecular complexity index is 900. The number of benzene rings is 2. The van der Waals surface area contributed by atoms with E-state index in [-0.39, 0.29) is 11.4 Å². The lowest BCUT2D eigenvalue weighted by Crippen LogP contribution is -2.10. The molecular weight excluding hydrogens is 341 g/mol. The number of aliphatic hydroxyl groups is 1. The summed E-state index contributed by atoms with van der Waals surface area (Å²) in [5, 5.41) is 20.9. The summed E-state index contributed by atoms with van der Waals surface area (Å²) in [7, 11) is 0. The van der Waals surface area contributed by atoms with Crippen LogP contribution in [0.25, 0.3) is 11.8 Å². The third-order valence-electron chi connectivity index (χ3n) is 3.20. The van der Waals surface area contributed by atoms with E-state index < -0.39 is 23.4 Å². The number of carbonyl (C=O) groups excluding carboxylic acids is 2. The predicted molar refractivity (Wildman–Crippen MR) is 93.8 cm³/mol. The maximum absolute atomic E-state index is 12.8. The van der Waals surface area contributed by atoms with Gasteiger partial charge in [-0.3, -0.25) is 9.59 Å². The van der Waals surface area contributed by atoms with Gasteiger partial charge in [0, 0.05) is 23.4 Å². The molecule has 0 aromatic heterocycles. The summed E-state index contributed by atoms with van der Waals surface area (Å²) in [5.74, 6) is -4.32. The molecule has 132 valence electrons. The van der Waals surface area contributed by atoms with Crippen LogP contribution < -0.4 is 5.32 Å². The lowest BCUT2D eigenvalue weighted by atomic mass is 10.1. The molecule has 0 bridgehead atoms. The molecule has 0 fully saturated rings. The topological polar surface area (TPSA) is 104 Å². The fraction of sp³-hybridized carbons (Fsp3) is 0. The highest BCUT2D eigenvalue weighted by Crippen LogP contribution is 2.17. The molecule has 0 heterocycles. The van der Waals surface area contributed by atoms with Crippen molar-refractivity contribution in [3.05, 3.63) is 77.6 Å². The number of hydrogen-bond donors (Lipinski definition) is 3. The highest BCUT2D eigenvalue weighted by Gasteiger charge is 2.11. The molecule has 2 aromatic carbocycles. The Labute approximate surface area is 147 Å². The van der Waals surface area contributed by atoms with Gasteiger partial charge in [0.15, 0.2) is 0 Å². The van der Waals surface area contributed by atoms with Crippen LogP contribution in [-0.4, -0.2) is 27.9 Å². The molecule has 0 aliphatic carbocycles. The molecule has 7 heteroatoms. The zero-order chi connectivity index (χ0) is 19.1. The van der Waals surface area contributed by atoms with Gasteiger partial charge in [-0.25, -0.2) is 9.18 Å². The summed E-state index contributed by atoms with van der Waals surface area (Å²) in [6.07, 6.45) is 3.34. The van der Waals surface area contributed by atoms with Gasteiger partial charge in [0.1, 0.15) is 11.6 Å². The Hall–Kier alpha value is -3.74. The first kappa shape index (κ1) is 18.6. The summed E-state index contributed by atoms with van der Waals surface area (Å²) in [5.41, 5.74) is 1.14. The zero-order valence-corrected chi connectivity index (χ0v) is 13.3. The average Bonchev–Trinajstić information content (AvgIpc) is 2.61. The van der Waals surface area contributed by atoms with E-state index in [1.165, 1.54) is 54.6 Å². The number of carboxylic acid groups (broad SMARTS) is 1. The Morgan fingerprint density at radius 1 is 1.00 bits per heavy atom. The Morgan fingerprint density at radius 3 is 2.35 bits per heavy atom. The third kappa shape index (κ3) is 5.41. The van der Waals surface area contributed by atoms with Crippen molar-refractivity contribution < 1.29 is 29.0 Å².